The van der Waals surface area contributed by atoms with Crippen LogP contribution in [0.15, 0.2) is 23.1 Å². The first-order valence-electron chi connectivity index (χ1n) is 10.5. The van der Waals surface area contributed by atoms with Crippen molar-refractivity contribution in [1.82, 2.24) is 4.90 Å². The molecule has 2 aliphatic rings. The first kappa shape index (κ1) is 24.0. The maximum atomic E-state index is 13.1. The number of nitro groups is 1. The molecule has 32 heavy (non-hydrogen) atoms. The van der Waals surface area contributed by atoms with Gasteiger partial charge in [-0.05, 0) is 53.0 Å². The molecule has 3 rings (SSSR count). The summed E-state index contributed by atoms with van der Waals surface area (Å²) in [6, 6.07) is 2.42. The third kappa shape index (κ3) is 4.87. The summed E-state index contributed by atoms with van der Waals surface area (Å²) >= 11 is 0. The fourth-order valence-corrected chi connectivity index (χ4v) is 5.78. The van der Waals surface area contributed by atoms with Crippen LogP contribution in [0.4, 0.5) is 10.5 Å². The number of nitrogens with zero attached hydrogens (tertiary/aromatic N) is 2. The maximum absolute atomic E-state index is 13.1. The van der Waals surface area contributed by atoms with Gasteiger partial charge in [0.2, 0.25) is 0 Å². The Bertz CT molecular complexity index is 1030. The highest BCUT2D eigenvalue weighted by atomic mass is 32.2. The lowest BCUT2D eigenvalue weighted by molar-refractivity contribution is -0.385. The largest absolute Gasteiger partial charge is 0.466 e. The van der Waals surface area contributed by atoms with Crippen LogP contribution in [0.25, 0.3) is 0 Å². The van der Waals surface area contributed by atoms with E-state index in [4.69, 9.17) is 9.47 Å². The van der Waals surface area contributed by atoms with E-state index in [2.05, 4.69) is 0 Å². The summed E-state index contributed by atoms with van der Waals surface area (Å²) in [5.74, 6) is -1.47. The van der Waals surface area contributed by atoms with Crippen molar-refractivity contribution in [3.8, 4) is 0 Å². The highest BCUT2D eigenvalue weighted by Gasteiger charge is 2.48. The molecule has 2 unspecified atom stereocenters. The molecule has 1 aliphatic heterocycles. The van der Waals surface area contributed by atoms with Crippen molar-refractivity contribution in [2.75, 3.05) is 13.2 Å². The average molecular weight is 469 g/mol. The van der Waals surface area contributed by atoms with E-state index in [1.54, 1.807) is 27.7 Å². The molecule has 1 aromatic rings. The molecule has 2 fully saturated rings. The maximum Gasteiger partial charge on any atom is 0.410 e. The quantitative estimate of drug-likeness (QED) is 0.352. The summed E-state index contributed by atoms with van der Waals surface area (Å²) in [4.78, 5) is 37.7. The fourth-order valence-electron chi connectivity index (χ4n) is 3.90. The Labute approximate surface area is 186 Å². The number of hydrogen-bond acceptors (Lipinski definition) is 8. The minimum Gasteiger partial charge on any atom is -0.466 e. The van der Waals surface area contributed by atoms with E-state index < -0.39 is 49.6 Å². The molecule has 1 aromatic carbocycles. The summed E-state index contributed by atoms with van der Waals surface area (Å²) in [6.07, 6.45) is 0.491. The zero-order chi connectivity index (χ0) is 23.8. The van der Waals surface area contributed by atoms with Gasteiger partial charge in [0.05, 0.1) is 33.6 Å². The topological polar surface area (TPSA) is 133 Å². The minimum atomic E-state index is -3.78. The van der Waals surface area contributed by atoms with Crippen molar-refractivity contribution in [3.63, 3.8) is 0 Å². The molecule has 0 aromatic heterocycles. The van der Waals surface area contributed by atoms with Crippen LogP contribution in [0.3, 0.4) is 0 Å². The fraction of sp³-hybridized carbons (Fsp3) is 0.619. The van der Waals surface area contributed by atoms with Gasteiger partial charge < -0.3 is 14.4 Å². The lowest BCUT2D eigenvalue weighted by atomic mass is 9.93. The van der Waals surface area contributed by atoms with Gasteiger partial charge >= 0.3 is 12.1 Å². The highest BCUT2D eigenvalue weighted by Crippen LogP contribution is 2.45. The van der Waals surface area contributed by atoms with E-state index in [1.165, 1.54) is 11.0 Å². The second-order valence-electron chi connectivity index (χ2n) is 8.99. The molecule has 0 bridgehead atoms. The van der Waals surface area contributed by atoms with Crippen LogP contribution >= 0.6 is 0 Å². The normalized spacial score (nSPS) is 21.3. The third-order valence-corrected chi connectivity index (χ3v) is 7.74. The molecule has 10 nitrogen and oxygen atoms in total. The second-order valence-corrected chi connectivity index (χ2v) is 11.2. The first-order valence-corrected chi connectivity index (χ1v) is 12.1. The summed E-state index contributed by atoms with van der Waals surface area (Å²) in [6.45, 7) is 6.94. The van der Waals surface area contributed by atoms with Crippen molar-refractivity contribution in [1.29, 1.82) is 0 Å². The van der Waals surface area contributed by atoms with E-state index in [-0.39, 0.29) is 35.7 Å². The Morgan fingerprint density at radius 3 is 2.41 bits per heavy atom. The molecule has 0 spiro atoms. The van der Waals surface area contributed by atoms with Gasteiger partial charge in [0.1, 0.15) is 5.60 Å². The highest BCUT2D eigenvalue weighted by molar-refractivity contribution is 7.92. The van der Waals surface area contributed by atoms with Crippen LogP contribution in [0.2, 0.25) is 0 Å². The minimum absolute atomic E-state index is 0.0486. The van der Waals surface area contributed by atoms with Crippen LogP contribution in [0, 0.1) is 16.0 Å². The van der Waals surface area contributed by atoms with Crippen LogP contribution in [0.5, 0.6) is 0 Å². The summed E-state index contributed by atoms with van der Waals surface area (Å²) < 4.78 is 36.9. The number of rotatable bonds is 6. The molecule has 1 aliphatic carbocycles. The van der Waals surface area contributed by atoms with Gasteiger partial charge in [-0.25, -0.2) is 13.2 Å². The number of hydrogen-bond donors (Lipinski definition) is 0. The molecular formula is C21H28N2O8S. The van der Waals surface area contributed by atoms with E-state index >= 15 is 0 Å². The van der Waals surface area contributed by atoms with Crippen molar-refractivity contribution >= 4 is 27.6 Å². The van der Waals surface area contributed by atoms with Crippen molar-refractivity contribution in [3.05, 3.63) is 33.9 Å². The first-order chi connectivity index (χ1) is 14.9. The number of likely N-dealkylation sites (tertiary alicyclic amines) is 1. The number of benzene rings is 1. The lowest BCUT2D eigenvalue weighted by Crippen LogP contribution is -2.39. The van der Waals surface area contributed by atoms with Gasteiger partial charge in [0.15, 0.2) is 9.84 Å². The number of nitro benzene ring substituents is 1. The van der Waals surface area contributed by atoms with E-state index in [0.29, 0.717) is 12.8 Å². The van der Waals surface area contributed by atoms with Crippen molar-refractivity contribution in [2.45, 2.75) is 68.7 Å². The third-order valence-electron chi connectivity index (χ3n) is 5.41. The van der Waals surface area contributed by atoms with Gasteiger partial charge in [-0.3, -0.25) is 14.9 Å². The zero-order valence-corrected chi connectivity index (χ0v) is 19.4. The van der Waals surface area contributed by atoms with E-state index in [0.717, 1.165) is 12.1 Å². The molecule has 2 atom stereocenters. The molecule has 176 valence electrons. The smallest absolute Gasteiger partial charge is 0.410 e. The summed E-state index contributed by atoms with van der Waals surface area (Å²) in [5.41, 5.74) is -1.10. The van der Waals surface area contributed by atoms with Crippen LogP contribution in [0.1, 0.15) is 58.6 Å². The number of sulfone groups is 1. The molecule has 1 amide bonds. The number of non-ortho nitro benzene ring substituents is 1. The Hall–Kier alpha value is -2.69. The van der Waals surface area contributed by atoms with Gasteiger partial charge in [-0.1, -0.05) is 0 Å². The van der Waals surface area contributed by atoms with Crippen molar-refractivity contribution in [2.24, 2.45) is 5.92 Å². The lowest BCUT2D eigenvalue weighted by Gasteiger charge is -2.31. The monoisotopic (exact) mass is 468 g/mol. The van der Waals surface area contributed by atoms with E-state index in [9.17, 15) is 28.1 Å². The second kappa shape index (κ2) is 8.68. The Balaban J connectivity index is 2.16. The number of carbonyl (C=O) groups excluding carboxylic acids is 2. The summed E-state index contributed by atoms with van der Waals surface area (Å²) in [5, 5.41) is 10.9. The number of carbonyl (C=O) groups is 2. The molecule has 11 heteroatoms. The summed E-state index contributed by atoms with van der Waals surface area (Å²) in [7, 11) is -3.78. The number of esters is 1. The Morgan fingerprint density at radius 2 is 1.88 bits per heavy atom. The van der Waals surface area contributed by atoms with Crippen LogP contribution in [-0.4, -0.2) is 54.3 Å². The van der Waals surface area contributed by atoms with Crippen LogP contribution < -0.4 is 0 Å². The zero-order valence-electron chi connectivity index (χ0n) is 18.6. The Morgan fingerprint density at radius 1 is 1.22 bits per heavy atom. The average Bonchev–Trinajstić information content (AvgIpc) is 3.45. The van der Waals surface area contributed by atoms with E-state index in [1.807, 2.05) is 0 Å². The van der Waals surface area contributed by atoms with Crippen molar-refractivity contribution < 1.29 is 32.4 Å². The Kier molecular flexibility index (Phi) is 6.50. The van der Waals surface area contributed by atoms with Gasteiger partial charge in [-0.15, -0.1) is 0 Å². The van der Waals surface area contributed by atoms with Gasteiger partial charge in [0, 0.05) is 24.2 Å². The predicted molar refractivity (Wildman–Crippen MR) is 114 cm³/mol. The van der Waals surface area contributed by atoms with Gasteiger partial charge in [-0.2, -0.15) is 0 Å². The standard InChI is InChI=1S/C21H28N2O8S/c1-5-30-19(24)15-10-11-22(20(25)31-21(2,3)4)18(15)16-12-13(23(26)27)6-9-17(16)32(28,29)14-7-8-14/h6,9,12,14-15,18H,5,7-8,10-11H2,1-4H3. The van der Waals surface area contributed by atoms with Crippen LogP contribution in [-0.2, 0) is 24.1 Å². The van der Waals surface area contributed by atoms with Gasteiger partial charge in [0.25, 0.3) is 5.69 Å². The molecule has 1 heterocycles. The molecule has 0 N–H and O–H groups in total. The molecule has 0 radical (unpaired) electrons. The number of ether oxygens (including phenoxy) is 2. The number of amides is 1. The molecule has 1 saturated heterocycles. The molecule has 1 saturated carbocycles. The SMILES string of the molecule is CCOC(=O)C1CCN(C(=O)OC(C)(C)C)C1c1cc([N+](=O)[O-])ccc1S(=O)(=O)C1CC1. The molecular weight excluding hydrogens is 440 g/mol. The predicted octanol–water partition coefficient (Wildman–Crippen LogP) is 3.39.